The summed E-state index contributed by atoms with van der Waals surface area (Å²) in [6.07, 6.45) is 1.71. The van der Waals surface area contributed by atoms with Crippen LogP contribution in [0.2, 0.25) is 5.02 Å². The SMILES string of the molecule is C=CCn1c(CNC(=O)c2ccccc2Cl)nnc1SCC(=O)Nc1c(C)cc(C)cc1C. The molecule has 2 aromatic carbocycles. The largest absolute Gasteiger partial charge is 0.345 e. The van der Waals surface area contributed by atoms with Crippen molar-refractivity contribution in [3.63, 3.8) is 0 Å². The number of thioether (sulfide) groups is 1. The van der Waals surface area contributed by atoms with Crippen molar-refractivity contribution in [3.05, 3.63) is 82.2 Å². The number of anilines is 1. The third-order valence-electron chi connectivity index (χ3n) is 4.90. The van der Waals surface area contributed by atoms with Gasteiger partial charge in [-0.1, -0.05) is 59.3 Å². The van der Waals surface area contributed by atoms with Gasteiger partial charge in [0.25, 0.3) is 5.91 Å². The van der Waals surface area contributed by atoms with Crippen molar-refractivity contribution in [1.29, 1.82) is 0 Å². The Morgan fingerprint density at radius 2 is 1.85 bits per heavy atom. The lowest BCUT2D eigenvalue weighted by molar-refractivity contribution is -0.113. The first-order valence-corrected chi connectivity index (χ1v) is 11.7. The van der Waals surface area contributed by atoms with Gasteiger partial charge in [-0.15, -0.1) is 16.8 Å². The number of allylic oxidation sites excluding steroid dienone is 1. The maximum absolute atomic E-state index is 12.6. The number of aryl methyl sites for hydroxylation is 3. The van der Waals surface area contributed by atoms with Crippen molar-refractivity contribution in [2.24, 2.45) is 0 Å². The zero-order chi connectivity index (χ0) is 24.0. The van der Waals surface area contributed by atoms with Crippen molar-refractivity contribution in [2.75, 3.05) is 11.1 Å². The molecule has 7 nitrogen and oxygen atoms in total. The minimum absolute atomic E-state index is 0.128. The molecule has 1 heterocycles. The van der Waals surface area contributed by atoms with Crippen LogP contribution in [0.15, 0.2) is 54.2 Å². The van der Waals surface area contributed by atoms with Crippen LogP contribution in [0.25, 0.3) is 0 Å². The summed E-state index contributed by atoms with van der Waals surface area (Å²) in [5.74, 6) is 0.306. The highest BCUT2D eigenvalue weighted by Gasteiger charge is 2.16. The van der Waals surface area contributed by atoms with Gasteiger partial charge in [-0.3, -0.25) is 9.59 Å². The van der Waals surface area contributed by atoms with Crippen LogP contribution >= 0.6 is 23.4 Å². The summed E-state index contributed by atoms with van der Waals surface area (Å²) >= 11 is 7.37. The number of amides is 2. The topological polar surface area (TPSA) is 88.9 Å². The number of hydrogen-bond acceptors (Lipinski definition) is 5. The molecule has 1 aromatic heterocycles. The van der Waals surface area contributed by atoms with E-state index in [-0.39, 0.29) is 24.1 Å². The minimum atomic E-state index is -0.300. The molecule has 0 aliphatic carbocycles. The Morgan fingerprint density at radius 3 is 2.52 bits per heavy atom. The van der Waals surface area contributed by atoms with Gasteiger partial charge in [0.15, 0.2) is 11.0 Å². The second-order valence-electron chi connectivity index (χ2n) is 7.57. The molecule has 0 radical (unpaired) electrons. The van der Waals surface area contributed by atoms with Gasteiger partial charge < -0.3 is 15.2 Å². The molecule has 0 atom stereocenters. The number of carbonyl (C=O) groups excluding carboxylic acids is 2. The quantitative estimate of drug-likeness (QED) is 0.340. The Labute approximate surface area is 202 Å². The van der Waals surface area contributed by atoms with Crippen LogP contribution < -0.4 is 10.6 Å². The summed E-state index contributed by atoms with van der Waals surface area (Å²) in [6.45, 7) is 10.4. The fourth-order valence-corrected chi connectivity index (χ4v) is 4.44. The first kappa shape index (κ1) is 24.5. The number of hydrogen-bond donors (Lipinski definition) is 2. The van der Waals surface area contributed by atoms with Gasteiger partial charge in [-0.05, 0) is 44.0 Å². The number of carbonyl (C=O) groups is 2. The summed E-state index contributed by atoms with van der Waals surface area (Å²) < 4.78 is 1.82. The molecule has 3 aromatic rings. The van der Waals surface area contributed by atoms with Gasteiger partial charge in [0.2, 0.25) is 5.91 Å². The number of benzene rings is 2. The Balaban J connectivity index is 1.64. The van der Waals surface area contributed by atoms with E-state index in [0.29, 0.717) is 28.1 Å². The molecule has 0 aliphatic rings. The van der Waals surface area contributed by atoms with Gasteiger partial charge in [-0.25, -0.2) is 0 Å². The molecule has 172 valence electrons. The summed E-state index contributed by atoms with van der Waals surface area (Å²) in [6, 6.07) is 10.9. The molecule has 0 saturated carbocycles. The zero-order valence-corrected chi connectivity index (χ0v) is 20.4. The fourth-order valence-electron chi connectivity index (χ4n) is 3.45. The molecule has 3 rings (SSSR count). The van der Waals surface area contributed by atoms with E-state index in [4.69, 9.17) is 11.6 Å². The van der Waals surface area contributed by atoms with Gasteiger partial charge in [0.05, 0.1) is 22.9 Å². The summed E-state index contributed by atoms with van der Waals surface area (Å²) in [7, 11) is 0. The molecule has 33 heavy (non-hydrogen) atoms. The van der Waals surface area contributed by atoms with E-state index >= 15 is 0 Å². The van der Waals surface area contributed by atoms with E-state index in [1.165, 1.54) is 11.8 Å². The number of nitrogens with one attached hydrogen (secondary N) is 2. The highest BCUT2D eigenvalue weighted by atomic mass is 35.5. The van der Waals surface area contributed by atoms with Crippen LogP contribution in [-0.4, -0.2) is 32.3 Å². The molecule has 0 spiro atoms. The van der Waals surface area contributed by atoms with Gasteiger partial charge in [0.1, 0.15) is 0 Å². The lowest BCUT2D eigenvalue weighted by atomic mass is 10.1. The van der Waals surface area contributed by atoms with Crippen LogP contribution in [-0.2, 0) is 17.9 Å². The van der Waals surface area contributed by atoms with Crippen molar-refractivity contribution in [1.82, 2.24) is 20.1 Å². The molecular weight excluding hydrogens is 458 g/mol. The predicted octanol–water partition coefficient (Wildman–Crippen LogP) is 4.70. The number of rotatable bonds is 9. The molecule has 9 heteroatoms. The second kappa shape index (κ2) is 11.2. The van der Waals surface area contributed by atoms with E-state index in [0.717, 1.165) is 22.4 Å². The van der Waals surface area contributed by atoms with Crippen molar-refractivity contribution in [3.8, 4) is 0 Å². The maximum atomic E-state index is 12.6. The lowest BCUT2D eigenvalue weighted by Gasteiger charge is -2.13. The van der Waals surface area contributed by atoms with E-state index < -0.39 is 0 Å². The highest BCUT2D eigenvalue weighted by molar-refractivity contribution is 7.99. The van der Waals surface area contributed by atoms with Crippen LogP contribution in [0.5, 0.6) is 0 Å². The van der Waals surface area contributed by atoms with Crippen LogP contribution in [0.3, 0.4) is 0 Å². The Bertz CT molecular complexity index is 1170. The Morgan fingerprint density at radius 1 is 1.15 bits per heavy atom. The molecule has 0 fully saturated rings. The molecule has 0 bridgehead atoms. The second-order valence-corrected chi connectivity index (χ2v) is 8.92. The maximum Gasteiger partial charge on any atom is 0.253 e. The van der Waals surface area contributed by atoms with Gasteiger partial charge >= 0.3 is 0 Å². The Hall–Kier alpha value is -3.10. The van der Waals surface area contributed by atoms with E-state index in [1.807, 2.05) is 37.5 Å². The molecule has 2 N–H and O–H groups in total. The third-order valence-corrected chi connectivity index (χ3v) is 6.20. The van der Waals surface area contributed by atoms with Gasteiger partial charge in [-0.2, -0.15) is 0 Å². The average molecular weight is 484 g/mol. The van der Waals surface area contributed by atoms with Crippen LogP contribution in [0.4, 0.5) is 5.69 Å². The van der Waals surface area contributed by atoms with Crippen molar-refractivity contribution < 1.29 is 9.59 Å². The zero-order valence-electron chi connectivity index (χ0n) is 18.8. The fraction of sp³-hybridized carbons (Fsp3) is 0.250. The minimum Gasteiger partial charge on any atom is -0.345 e. The van der Waals surface area contributed by atoms with E-state index in [2.05, 4.69) is 27.4 Å². The Kier molecular flexibility index (Phi) is 8.30. The first-order valence-electron chi connectivity index (χ1n) is 10.4. The predicted molar refractivity (Wildman–Crippen MR) is 133 cm³/mol. The molecule has 0 unspecified atom stereocenters. The smallest absolute Gasteiger partial charge is 0.253 e. The number of nitrogens with zero attached hydrogens (tertiary/aromatic N) is 3. The lowest BCUT2D eigenvalue weighted by Crippen LogP contribution is -2.25. The highest BCUT2D eigenvalue weighted by Crippen LogP contribution is 2.23. The molecule has 0 saturated heterocycles. The molecular formula is C24H26ClN5O2S. The van der Waals surface area contributed by atoms with E-state index in [1.54, 1.807) is 30.3 Å². The average Bonchev–Trinajstić information content (AvgIpc) is 3.15. The monoisotopic (exact) mass is 483 g/mol. The summed E-state index contributed by atoms with van der Waals surface area (Å²) in [5.41, 5.74) is 4.43. The molecule has 0 aliphatic heterocycles. The van der Waals surface area contributed by atoms with E-state index in [9.17, 15) is 9.59 Å². The number of aromatic nitrogens is 3. The summed E-state index contributed by atoms with van der Waals surface area (Å²) in [5, 5.41) is 15.1. The molecule has 2 amide bonds. The van der Waals surface area contributed by atoms with Crippen molar-refractivity contribution in [2.45, 2.75) is 39.0 Å². The van der Waals surface area contributed by atoms with Crippen LogP contribution in [0.1, 0.15) is 32.9 Å². The normalized spacial score (nSPS) is 10.7. The first-order chi connectivity index (χ1) is 15.8. The third kappa shape index (κ3) is 6.24. The summed E-state index contributed by atoms with van der Waals surface area (Å²) in [4.78, 5) is 25.0. The van der Waals surface area contributed by atoms with Crippen LogP contribution in [0, 0.1) is 20.8 Å². The van der Waals surface area contributed by atoms with Crippen molar-refractivity contribution >= 4 is 40.9 Å². The standard InChI is InChI=1S/C24H26ClN5O2S/c1-5-10-30-20(13-26-23(32)18-8-6-7-9-19(18)25)28-29-24(30)33-14-21(31)27-22-16(3)11-15(2)12-17(22)4/h5-9,11-12H,1,10,13-14H2,2-4H3,(H,26,32)(H,27,31). The number of halogens is 1. The van der Waals surface area contributed by atoms with Gasteiger partial charge in [0, 0.05) is 12.2 Å².